The minimum Gasteiger partial charge on any atom is -0.427 e. The standard InChI is InChI=1S/C22H29NO5/c1-14-9-8-10-15(2)17(14)18-19(28-21(25)16-11-6-7-12-16)22(3,4)23(20(18)24)27-13-26-5/h8-10,16H,6-7,11-13H2,1-5H3. The van der Waals surface area contributed by atoms with Crippen LogP contribution in [0.2, 0.25) is 0 Å². The summed E-state index contributed by atoms with van der Waals surface area (Å²) in [5.74, 6) is -0.339. The van der Waals surface area contributed by atoms with Crippen LogP contribution in [0.3, 0.4) is 0 Å². The summed E-state index contributed by atoms with van der Waals surface area (Å²) in [5, 5.41) is 1.26. The number of methoxy groups -OCH3 is 1. The van der Waals surface area contributed by atoms with Crippen molar-refractivity contribution in [1.29, 1.82) is 0 Å². The molecule has 0 unspecified atom stereocenters. The van der Waals surface area contributed by atoms with Crippen molar-refractivity contribution in [3.05, 3.63) is 40.6 Å². The molecule has 1 aliphatic carbocycles. The van der Waals surface area contributed by atoms with Gasteiger partial charge < -0.3 is 9.47 Å². The second kappa shape index (κ2) is 8.05. The molecule has 0 aromatic heterocycles. The Morgan fingerprint density at radius 1 is 1.18 bits per heavy atom. The minimum atomic E-state index is -0.937. The number of nitrogens with zero attached hydrogens (tertiary/aromatic N) is 1. The fraction of sp³-hybridized carbons (Fsp3) is 0.545. The third-order valence-electron chi connectivity index (χ3n) is 5.61. The average molecular weight is 387 g/mol. The van der Waals surface area contributed by atoms with E-state index in [0.29, 0.717) is 11.3 Å². The lowest BCUT2D eigenvalue weighted by Gasteiger charge is -2.31. The summed E-state index contributed by atoms with van der Waals surface area (Å²) in [6.07, 6.45) is 3.74. The molecule has 0 saturated heterocycles. The number of ether oxygens (including phenoxy) is 2. The smallest absolute Gasteiger partial charge is 0.314 e. The van der Waals surface area contributed by atoms with Gasteiger partial charge in [-0.15, -0.1) is 0 Å². The summed E-state index contributed by atoms with van der Waals surface area (Å²) in [4.78, 5) is 31.7. The molecule has 0 atom stereocenters. The highest BCUT2D eigenvalue weighted by atomic mass is 16.8. The predicted octanol–water partition coefficient (Wildman–Crippen LogP) is 3.90. The Balaban J connectivity index is 2.09. The summed E-state index contributed by atoms with van der Waals surface area (Å²) in [5.41, 5.74) is 2.14. The molecule has 1 aliphatic heterocycles. The van der Waals surface area contributed by atoms with Crippen LogP contribution in [0.25, 0.3) is 5.57 Å². The molecule has 0 radical (unpaired) electrons. The topological polar surface area (TPSA) is 65.1 Å². The van der Waals surface area contributed by atoms with Crippen LogP contribution < -0.4 is 0 Å². The Hall–Kier alpha value is -2.18. The number of hydroxylamine groups is 2. The molecule has 2 aliphatic rings. The maximum atomic E-state index is 13.3. The quantitative estimate of drug-likeness (QED) is 0.547. The van der Waals surface area contributed by atoms with Crippen LogP contribution in [-0.4, -0.2) is 36.4 Å². The highest BCUT2D eigenvalue weighted by Crippen LogP contribution is 2.43. The number of carbonyl (C=O) groups is 2. The predicted molar refractivity (Wildman–Crippen MR) is 105 cm³/mol. The van der Waals surface area contributed by atoms with Crippen LogP contribution in [0.5, 0.6) is 0 Å². The number of benzene rings is 1. The third-order valence-corrected chi connectivity index (χ3v) is 5.61. The van der Waals surface area contributed by atoms with Crippen LogP contribution in [0.1, 0.15) is 56.2 Å². The Morgan fingerprint density at radius 2 is 1.79 bits per heavy atom. The van der Waals surface area contributed by atoms with Gasteiger partial charge in [-0.3, -0.25) is 9.59 Å². The zero-order valence-electron chi connectivity index (χ0n) is 17.3. The summed E-state index contributed by atoms with van der Waals surface area (Å²) in [6.45, 7) is 7.46. The molecule has 1 saturated carbocycles. The fourth-order valence-electron chi connectivity index (χ4n) is 4.13. The van der Waals surface area contributed by atoms with Gasteiger partial charge in [-0.2, -0.15) is 0 Å². The lowest BCUT2D eigenvalue weighted by molar-refractivity contribution is -0.239. The minimum absolute atomic E-state index is 0.0704. The van der Waals surface area contributed by atoms with E-state index in [1.165, 1.54) is 12.2 Å². The molecule has 1 aromatic rings. The molecule has 6 nitrogen and oxygen atoms in total. The number of esters is 1. The maximum Gasteiger partial charge on any atom is 0.314 e. The molecule has 3 rings (SSSR count). The second-order valence-electron chi connectivity index (χ2n) is 8.07. The van der Waals surface area contributed by atoms with Crippen molar-refractivity contribution in [2.75, 3.05) is 13.9 Å². The second-order valence-corrected chi connectivity index (χ2v) is 8.07. The molecule has 0 N–H and O–H groups in total. The van der Waals surface area contributed by atoms with Gasteiger partial charge in [0.1, 0.15) is 11.3 Å². The van der Waals surface area contributed by atoms with Gasteiger partial charge in [-0.05, 0) is 57.2 Å². The number of hydrogen-bond donors (Lipinski definition) is 0. The largest absolute Gasteiger partial charge is 0.427 e. The van der Waals surface area contributed by atoms with Gasteiger partial charge in [-0.25, -0.2) is 9.90 Å². The average Bonchev–Trinajstić information content (AvgIpc) is 3.22. The van der Waals surface area contributed by atoms with E-state index in [2.05, 4.69) is 0 Å². The van der Waals surface area contributed by atoms with Crippen molar-refractivity contribution in [3.63, 3.8) is 0 Å². The first-order valence-electron chi connectivity index (χ1n) is 9.78. The Bertz CT molecular complexity index is 785. The van der Waals surface area contributed by atoms with E-state index in [0.717, 1.165) is 42.4 Å². The van der Waals surface area contributed by atoms with Crippen molar-refractivity contribution < 1.29 is 23.9 Å². The van der Waals surface area contributed by atoms with Crippen LogP contribution in [0.15, 0.2) is 24.0 Å². The van der Waals surface area contributed by atoms with Crippen LogP contribution >= 0.6 is 0 Å². The van der Waals surface area contributed by atoms with E-state index in [1.807, 2.05) is 45.9 Å². The van der Waals surface area contributed by atoms with Crippen LogP contribution in [-0.2, 0) is 23.9 Å². The van der Waals surface area contributed by atoms with Crippen molar-refractivity contribution in [2.45, 2.75) is 58.9 Å². The number of carbonyl (C=O) groups excluding carboxylic acids is 2. The Kier molecular flexibility index (Phi) is 5.91. The summed E-state index contributed by atoms with van der Waals surface area (Å²) in [7, 11) is 1.49. The molecular weight excluding hydrogens is 358 g/mol. The van der Waals surface area contributed by atoms with Crippen molar-refractivity contribution in [3.8, 4) is 0 Å². The van der Waals surface area contributed by atoms with E-state index >= 15 is 0 Å². The van der Waals surface area contributed by atoms with Gasteiger partial charge in [0.2, 0.25) is 0 Å². The van der Waals surface area contributed by atoms with E-state index in [-0.39, 0.29) is 24.6 Å². The first-order chi connectivity index (χ1) is 13.3. The molecule has 152 valence electrons. The van der Waals surface area contributed by atoms with Crippen LogP contribution in [0, 0.1) is 19.8 Å². The normalized spacial score (nSPS) is 19.6. The highest BCUT2D eigenvalue weighted by molar-refractivity contribution is 6.23. The first kappa shape index (κ1) is 20.6. The van der Waals surface area contributed by atoms with Gasteiger partial charge in [-0.1, -0.05) is 31.0 Å². The fourth-order valence-corrected chi connectivity index (χ4v) is 4.13. The van der Waals surface area contributed by atoms with Gasteiger partial charge in [0.05, 0.1) is 11.5 Å². The van der Waals surface area contributed by atoms with E-state index in [4.69, 9.17) is 14.3 Å². The molecule has 0 bridgehead atoms. The highest BCUT2D eigenvalue weighted by Gasteiger charge is 2.50. The summed E-state index contributed by atoms with van der Waals surface area (Å²) < 4.78 is 10.9. The van der Waals surface area contributed by atoms with E-state index in [1.54, 1.807) is 0 Å². The SMILES string of the molecule is COCON1C(=O)C(c2c(C)cccc2C)=C(OC(=O)C2CCCC2)C1(C)C. The van der Waals surface area contributed by atoms with Crippen molar-refractivity contribution in [1.82, 2.24) is 5.06 Å². The molecule has 1 amide bonds. The third kappa shape index (κ3) is 3.59. The van der Waals surface area contributed by atoms with Gasteiger partial charge in [0, 0.05) is 7.11 Å². The molecule has 28 heavy (non-hydrogen) atoms. The monoisotopic (exact) mass is 387 g/mol. The molecular formula is C22H29NO5. The Labute approximate surface area is 166 Å². The van der Waals surface area contributed by atoms with Gasteiger partial charge >= 0.3 is 5.97 Å². The lowest BCUT2D eigenvalue weighted by Crippen LogP contribution is -2.44. The Morgan fingerprint density at radius 3 is 2.36 bits per heavy atom. The maximum absolute atomic E-state index is 13.3. The number of hydrogen-bond acceptors (Lipinski definition) is 5. The van der Waals surface area contributed by atoms with Crippen molar-refractivity contribution >= 4 is 17.4 Å². The molecule has 6 heteroatoms. The molecule has 1 fully saturated rings. The zero-order valence-corrected chi connectivity index (χ0v) is 17.3. The van der Waals surface area contributed by atoms with Gasteiger partial charge in [0.15, 0.2) is 6.79 Å². The summed E-state index contributed by atoms with van der Waals surface area (Å²) >= 11 is 0. The van der Waals surface area contributed by atoms with Crippen molar-refractivity contribution in [2.24, 2.45) is 5.92 Å². The van der Waals surface area contributed by atoms with Crippen LogP contribution in [0.4, 0.5) is 0 Å². The van der Waals surface area contributed by atoms with Gasteiger partial charge in [0.25, 0.3) is 5.91 Å². The molecule has 1 heterocycles. The number of aryl methyl sites for hydroxylation is 2. The summed E-state index contributed by atoms with van der Waals surface area (Å²) in [6, 6.07) is 5.85. The van der Waals surface area contributed by atoms with E-state index < -0.39 is 5.54 Å². The first-order valence-corrected chi connectivity index (χ1v) is 9.78. The number of amides is 1. The lowest BCUT2D eigenvalue weighted by atomic mass is 9.93. The number of rotatable bonds is 6. The zero-order chi connectivity index (χ0) is 20.5. The molecule has 1 aromatic carbocycles. The van der Waals surface area contributed by atoms with E-state index in [9.17, 15) is 9.59 Å². The molecule has 0 spiro atoms.